The summed E-state index contributed by atoms with van der Waals surface area (Å²) in [5, 5.41) is 9.56. The van der Waals surface area contributed by atoms with E-state index in [2.05, 4.69) is 6.92 Å². The average Bonchev–Trinajstić information content (AvgIpc) is 2.68. The molecule has 1 saturated carbocycles. The van der Waals surface area contributed by atoms with Gasteiger partial charge in [-0.2, -0.15) is 0 Å². The van der Waals surface area contributed by atoms with Gasteiger partial charge in [0, 0.05) is 12.0 Å². The van der Waals surface area contributed by atoms with E-state index < -0.39 is 0 Å². The van der Waals surface area contributed by atoms with Gasteiger partial charge in [0.15, 0.2) is 0 Å². The molecular formula is C8H17NO. The highest BCUT2D eigenvalue weighted by molar-refractivity contribution is 4.99. The van der Waals surface area contributed by atoms with Gasteiger partial charge in [-0.3, -0.25) is 0 Å². The van der Waals surface area contributed by atoms with Crippen LogP contribution in [0.25, 0.3) is 0 Å². The zero-order valence-corrected chi connectivity index (χ0v) is 6.64. The second-order valence-electron chi connectivity index (χ2n) is 3.37. The first-order valence-electron chi connectivity index (χ1n) is 4.13. The Kier molecular flexibility index (Phi) is 2.32. The maximum Gasteiger partial charge on any atom is 0.0608 e. The van der Waals surface area contributed by atoms with Crippen molar-refractivity contribution < 1.29 is 5.11 Å². The zero-order valence-electron chi connectivity index (χ0n) is 6.64. The summed E-state index contributed by atoms with van der Waals surface area (Å²) in [6, 6.07) is 0. The molecule has 2 heteroatoms. The van der Waals surface area contributed by atoms with Crippen LogP contribution in [0, 0.1) is 5.41 Å². The monoisotopic (exact) mass is 143 g/mol. The quantitative estimate of drug-likeness (QED) is 0.614. The molecule has 2 nitrogen and oxygen atoms in total. The molecule has 0 aliphatic heterocycles. The van der Waals surface area contributed by atoms with E-state index in [1.54, 1.807) is 0 Å². The first kappa shape index (κ1) is 8.02. The SMILES string of the molecule is CCCC(O)C1(CN)CC1. The highest BCUT2D eigenvalue weighted by atomic mass is 16.3. The van der Waals surface area contributed by atoms with Crippen LogP contribution in [0.2, 0.25) is 0 Å². The number of aliphatic hydroxyl groups is 1. The molecule has 1 aliphatic rings. The fraction of sp³-hybridized carbons (Fsp3) is 1.00. The molecule has 0 aromatic rings. The van der Waals surface area contributed by atoms with Gasteiger partial charge >= 0.3 is 0 Å². The number of hydrogen-bond acceptors (Lipinski definition) is 2. The Bertz CT molecular complexity index is 110. The number of nitrogens with two attached hydrogens (primary N) is 1. The van der Waals surface area contributed by atoms with E-state index in [0.717, 1.165) is 25.7 Å². The molecule has 1 aliphatic carbocycles. The highest BCUT2D eigenvalue weighted by Gasteiger charge is 2.46. The summed E-state index contributed by atoms with van der Waals surface area (Å²) in [7, 11) is 0. The van der Waals surface area contributed by atoms with Crippen molar-refractivity contribution in [3.63, 3.8) is 0 Å². The fourth-order valence-corrected chi connectivity index (χ4v) is 1.41. The largest absolute Gasteiger partial charge is 0.393 e. The van der Waals surface area contributed by atoms with Gasteiger partial charge in [-0.1, -0.05) is 13.3 Å². The van der Waals surface area contributed by atoms with Gasteiger partial charge in [0.1, 0.15) is 0 Å². The lowest BCUT2D eigenvalue weighted by Gasteiger charge is -2.19. The Labute approximate surface area is 62.4 Å². The van der Waals surface area contributed by atoms with Crippen LogP contribution in [0.4, 0.5) is 0 Å². The molecule has 1 atom stereocenters. The van der Waals surface area contributed by atoms with Gasteiger partial charge in [0.05, 0.1) is 6.10 Å². The van der Waals surface area contributed by atoms with E-state index >= 15 is 0 Å². The summed E-state index contributed by atoms with van der Waals surface area (Å²) in [6.07, 6.45) is 4.10. The first-order valence-corrected chi connectivity index (χ1v) is 4.13. The molecule has 1 rings (SSSR count). The van der Waals surface area contributed by atoms with Gasteiger partial charge in [0.25, 0.3) is 0 Å². The molecule has 1 fully saturated rings. The Morgan fingerprint density at radius 2 is 2.20 bits per heavy atom. The van der Waals surface area contributed by atoms with Gasteiger partial charge in [-0.25, -0.2) is 0 Å². The summed E-state index contributed by atoms with van der Waals surface area (Å²) >= 11 is 0. The van der Waals surface area contributed by atoms with Crippen molar-refractivity contribution in [1.29, 1.82) is 0 Å². The van der Waals surface area contributed by atoms with E-state index in [1.807, 2.05) is 0 Å². The van der Waals surface area contributed by atoms with Crippen LogP contribution >= 0.6 is 0 Å². The van der Waals surface area contributed by atoms with Crippen molar-refractivity contribution in [1.82, 2.24) is 0 Å². The van der Waals surface area contributed by atoms with Gasteiger partial charge in [-0.15, -0.1) is 0 Å². The zero-order chi connectivity index (χ0) is 7.61. The lowest BCUT2D eigenvalue weighted by atomic mass is 9.96. The van der Waals surface area contributed by atoms with Crippen LogP contribution in [-0.4, -0.2) is 17.8 Å². The van der Waals surface area contributed by atoms with E-state index in [1.165, 1.54) is 0 Å². The molecule has 0 aromatic heterocycles. The molecular weight excluding hydrogens is 126 g/mol. The Balaban J connectivity index is 2.32. The molecule has 1 unspecified atom stereocenters. The van der Waals surface area contributed by atoms with Crippen LogP contribution in [0.5, 0.6) is 0 Å². The molecule has 0 heterocycles. The van der Waals surface area contributed by atoms with Crippen molar-refractivity contribution in [2.75, 3.05) is 6.54 Å². The standard InChI is InChI=1S/C8H17NO/c1-2-3-7(10)8(6-9)4-5-8/h7,10H,2-6,9H2,1H3. The normalized spacial score (nSPS) is 24.3. The third kappa shape index (κ3) is 1.32. The van der Waals surface area contributed by atoms with E-state index in [4.69, 9.17) is 5.73 Å². The molecule has 60 valence electrons. The summed E-state index contributed by atoms with van der Waals surface area (Å²) in [5.41, 5.74) is 5.67. The van der Waals surface area contributed by atoms with E-state index in [0.29, 0.717) is 6.54 Å². The third-order valence-corrected chi connectivity index (χ3v) is 2.57. The average molecular weight is 143 g/mol. The van der Waals surface area contributed by atoms with Crippen LogP contribution < -0.4 is 5.73 Å². The third-order valence-electron chi connectivity index (χ3n) is 2.57. The van der Waals surface area contributed by atoms with Gasteiger partial charge < -0.3 is 10.8 Å². The lowest BCUT2D eigenvalue weighted by molar-refractivity contribution is 0.0879. The minimum absolute atomic E-state index is 0.135. The molecule has 0 spiro atoms. The molecule has 0 aromatic carbocycles. The molecule has 3 N–H and O–H groups in total. The summed E-state index contributed by atoms with van der Waals surface area (Å²) in [6.45, 7) is 2.75. The van der Waals surface area contributed by atoms with Crippen molar-refractivity contribution in [2.45, 2.75) is 38.7 Å². The smallest absolute Gasteiger partial charge is 0.0608 e. The maximum absolute atomic E-state index is 9.56. The predicted octanol–water partition coefficient (Wildman–Crippen LogP) is 0.886. The second kappa shape index (κ2) is 2.89. The summed E-state index contributed by atoms with van der Waals surface area (Å²) < 4.78 is 0. The van der Waals surface area contributed by atoms with E-state index in [-0.39, 0.29) is 11.5 Å². The summed E-state index contributed by atoms with van der Waals surface area (Å²) in [5.74, 6) is 0. The van der Waals surface area contributed by atoms with Crippen LogP contribution in [0.1, 0.15) is 32.6 Å². The predicted molar refractivity (Wildman–Crippen MR) is 41.6 cm³/mol. The maximum atomic E-state index is 9.56. The first-order chi connectivity index (χ1) is 4.75. The Hall–Kier alpha value is -0.0800. The summed E-state index contributed by atoms with van der Waals surface area (Å²) in [4.78, 5) is 0. The minimum Gasteiger partial charge on any atom is -0.393 e. The molecule has 10 heavy (non-hydrogen) atoms. The Morgan fingerprint density at radius 3 is 2.50 bits per heavy atom. The topological polar surface area (TPSA) is 46.2 Å². The minimum atomic E-state index is -0.137. The van der Waals surface area contributed by atoms with Crippen LogP contribution in [-0.2, 0) is 0 Å². The molecule has 0 bridgehead atoms. The molecule has 0 saturated heterocycles. The van der Waals surface area contributed by atoms with Gasteiger partial charge in [-0.05, 0) is 19.3 Å². The number of hydrogen-bond donors (Lipinski definition) is 2. The molecule has 0 amide bonds. The number of rotatable bonds is 4. The van der Waals surface area contributed by atoms with Crippen molar-refractivity contribution in [3.8, 4) is 0 Å². The van der Waals surface area contributed by atoms with Crippen molar-refractivity contribution in [2.24, 2.45) is 11.1 Å². The molecule has 0 radical (unpaired) electrons. The van der Waals surface area contributed by atoms with Crippen molar-refractivity contribution in [3.05, 3.63) is 0 Å². The second-order valence-corrected chi connectivity index (χ2v) is 3.37. The number of aliphatic hydroxyl groups excluding tert-OH is 1. The van der Waals surface area contributed by atoms with E-state index in [9.17, 15) is 5.11 Å². The van der Waals surface area contributed by atoms with Gasteiger partial charge in [0.2, 0.25) is 0 Å². The van der Waals surface area contributed by atoms with Crippen LogP contribution in [0.15, 0.2) is 0 Å². The Morgan fingerprint density at radius 1 is 1.60 bits per heavy atom. The fourth-order valence-electron chi connectivity index (χ4n) is 1.41. The van der Waals surface area contributed by atoms with Crippen LogP contribution in [0.3, 0.4) is 0 Å². The van der Waals surface area contributed by atoms with Crippen molar-refractivity contribution >= 4 is 0 Å². The lowest BCUT2D eigenvalue weighted by Crippen LogP contribution is -2.29. The highest BCUT2D eigenvalue weighted by Crippen LogP contribution is 2.48.